The smallest absolute Gasteiger partial charge is 0.310 e. The third-order valence-electron chi connectivity index (χ3n) is 3.99. The van der Waals surface area contributed by atoms with Crippen molar-refractivity contribution >= 4 is 22.7 Å². The van der Waals surface area contributed by atoms with E-state index in [0.717, 1.165) is 10.8 Å². The molecule has 0 saturated heterocycles. The molecule has 2 rings (SSSR count). The van der Waals surface area contributed by atoms with Gasteiger partial charge in [-0.05, 0) is 13.8 Å². The lowest BCUT2D eigenvalue weighted by Crippen LogP contribution is -2.15. The molecular formula is C20H24O6. The molecule has 140 valence electrons. The number of methoxy groups -OCH3 is 2. The first kappa shape index (κ1) is 19.6. The minimum Gasteiger partial charge on any atom is -0.496 e. The van der Waals surface area contributed by atoms with Crippen molar-refractivity contribution in [2.24, 2.45) is 0 Å². The van der Waals surface area contributed by atoms with Gasteiger partial charge in [0.25, 0.3) is 0 Å². The molecule has 2 aromatic carbocycles. The Balaban J connectivity index is 2.72. The molecule has 6 nitrogen and oxygen atoms in total. The minimum atomic E-state index is -0.395. The van der Waals surface area contributed by atoms with E-state index < -0.39 is 11.9 Å². The summed E-state index contributed by atoms with van der Waals surface area (Å²) in [5.41, 5.74) is 1.16. The largest absolute Gasteiger partial charge is 0.496 e. The van der Waals surface area contributed by atoms with Gasteiger partial charge in [0.05, 0.1) is 40.3 Å². The Bertz CT molecular complexity index is 730. The zero-order valence-electron chi connectivity index (χ0n) is 15.6. The lowest BCUT2D eigenvalue weighted by molar-refractivity contribution is -0.143. The van der Waals surface area contributed by atoms with Crippen LogP contribution in [0.15, 0.2) is 24.3 Å². The van der Waals surface area contributed by atoms with Gasteiger partial charge < -0.3 is 18.9 Å². The molecule has 0 radical (unpaired) electrons. The van der Waals surface area contributed by atoms with Gasteiger partial charge in [0.15, 0.2) is 0 Å². The van der Waals surface area contributed by atoms with Crippen LogP contribution in [-0.4, -0.2) is 39.4 Å². The second-order valence-electron chi connectivity index (χ2n) is 5.53. The summed E-state index contributed by atoms with van der Waals surface area (Å²) >= 11 is 0. The maximum Gasteiger partial charge on any atom is 0.310 e. The molecule has 0 atom stereocenters. The topological polar surface area (TPSA) is 71.1 Å². The monoisotopic (exact) mass is 360 g/mol. The Kier molecular flexibility index (Phi) is 6.83. The van der Waals surface area contributed by atoms with Crippen molar-refractivity contribution in [1.82, 2.24) is 0 Å². The van der Waals surface area contributed by atoms with Gasteiger partial charge in [-0.1, -0.05) is 24.3 Å². The van der Waals surface area contributed by atoms with Crippen LogP contribution in [0.1, 0.15) is 25.0 Å². The van der Waals surface area contributed by atoms with Gasteiger partial charge in [-0.2, -0.15) is 0 Å². The summed E-state index contributed by atoms with van der Waals surface area (Å²) in [7, 11) is 3.08. The summed E-state index contributed by atoms with van der Waals surface area (Å²) in [6.07, 6.45) is -0.0418. The van der Waals surface area contributed by atoms with Crippen LogP contribution in [0.3, 0.4) is 0 Å². The van der Waals surface area contributed by atoms with Crippen LogP contribution in [0.25, 0.3) is 10.8 Å². The second-order valence-corrected chi connectivity index (χ2v) is 5.53. The molecule has 6 heteroatoms. The molecular weight excluding hydrogens is 336 g/mol. The van der Waals surface area contributed by atoms with Gasteiger partial charge in [-0.15, -0.1) is 0 Å². The van der Waals surface area contributed by atoms with E-state index in [1.165, 1.54) is 14.2 Å². The molecule has 0 unspecified atom stereocenters. The average molecular weight is 360 g/mol. The van der Waals surface area contributed by atoms with Crippen molar-refractivity contribution in [3.63, 3.8) is 0 Å². The number of hydrogen-bond acceptors (Lipinski definition) is 6. The minimum absolute atomic E-state index is 0.0209. The first-order valence-electron chi connectivity index (χ1n) is 8.52. The van der Waals surface area contributed by atoms with Crippen LogP contribution < -0.4 is 9.47 Å². The quantitative estimate of drug-likeness (QED) is 0.674. The molecule has 2 aromatic rings. The average Bonchev–Trinajstić information content (AvgIpc) is 2.62. The molecule has 0 aliphatic rings. The zero-order chi connectivity index (χ0) is 19.1. The molecule has 26 heavy (non-hydrogen) atoms. The maximum atomic E-state index is 12.1. The van der Waals surface area contributed by atoms with Gasteiger partial charge in [0.1, 0.15) is 11.5 Å². The van der Waals surface area contributed by atoms with Gasteiger partial charge in [0.2, 0.25) is 0 Å². The van der Waals surface area contributed by atoms with Crippen molar-refractivity contribution in [3.05, 3.63) is 35.4 Å². The summed E-state index contributed by atoms with van der Waals surface area (Å²) in [5, 5.41) is 1.61. The fourth-order valence-electron chi connectivity index (χ4n) is 3.03. The highest BCUT2D eigenvalue weighted by atomic mass is 16.5. The highest BCUT2D eigenvalue weighted by Crippen LogP contribution is 2.41. The lowest BCUT2D eigenvalue weighted by Gasteiger charge is -2.20. The van der Waals surface area contributed by atoms with Crippen molar-refractivity contribution < 1.29 is 28.5 Å². The Hall–Kier alpha value is -2.76. The van der Waals surface area contributed by atoms with E-state index in [0.29, 0.717) is 22.6 Å². The third kappa shape index (κ3) is 4.07. The van der Waals surface area contributed by atoms with Gasteiger partial charge >= 0.3 is 11.9 Å². The second kappa shape index (κ2) is 9.08. The van der Waals surface area contributed by atoms with E-state index >= 15 is 0 Å². The number of ether oxygens (including phenoxy) is 4. The number of carbonyl (C=O) groups excluding carboxylic acids is 2. The van der Waals surface area contributed by atoms with Crippen LogP contribution in [-0.2, 0) is 31.9 Å². The van der Waals surface area contributed by atoms with E-state index in [4.69, 9.17) is 18.9 Å². The molecule has 0 spiro atoms. The van der Waals surface area contributed by atoms with Gasteiger partial charge in [-0.25, -0.2) is 0 Å². The van der Waals surface area contributed by atoms with Crippen LogP contribution in [0, 0.1) is 0 Å². The van der Waals surface area contributed by atoms with E-state index in [1.807, 2.05) is 24.3 Å². The molecule has 0 amide bonds. The number of esters is 2. The Morgan fingerprint density at radius 2 is 1.15 bits per heavy atom. The number of carbonyl (C=O) groups is 2. The number of benzene rings is 2. The summed E-state index contributed by atoms with van der Waals surface area (Å²) in [5.74, 6) is 0.281. The first-order chi connectivity index (χ1) is 12.6. The summed E-state index contributed by atoms with van der Waals surface area (Å²) in [4.78, 5) is 24.3. The summed E-state index contributed by atoms with van der Waals surface area (Å²) < 4.78 is 21.4. The molecule has 0 aliphatic heterocycles. The normalized spacial score (nSPS) is 10.5. The predicted molar refractivity (Wildman–Crippen MR) is 97.7 cm³/mol. The standard InChI is InChI=1S/C20H24O6/c1-5-25-17(21)11-15-16(12-18(22)26-6-2)20(24-4)14-10-8-7-9-13(14)19(15)23-3/h7-10H,5-6,11-12H2,1-4H3. The predicted octanol–water partition coefficient (Wildman–Crippen LogP) is 3.07. The van der Waals surface area contributed by atoms with Crippen LogP contribution in [0.4, 0.5) is 0 Å². The number of rotatable bonds is 8. The van der Waals surface area contributed by atoms with Gasteiger partial charge in [-0.3, -0.25) is 9.59 Å². The van der Waals surface area contributed by atoms with Crippen LogP contribution >= 0.6 is 0 Å². The van der Waals surface area contributed by atoms with E-state index in [-0.39, 0.29) is 26.1 Å². The van der Waals surface area contributed by atoms with E-state index in [2.05, 4.69) is 0 Å². The van der Waals surface area contributed by atoms with Crippen molar-refractivity contribution in [1.29, 1.82) is 0 Å². The van der Waals surface area contributed by atoms with Crippen molar-refractivity contribution in [2.75, 3.05) is 27.4 Å². The van der Waals surface area contributed by atoms with Crippen molar-refractivity contribution in [3.8, 4) is 11.5 Å². The highest BCUT2D eigenvalue weighted by Gasteiger charge is 2.25. The Labute approximate surface area is 153 Å². The molecule has 0 N–H and O–H groups in total. The first-order valence-corrected chi connectivity index (χ1v) is 8.52. The molecule has 0 fully saturated rings. The van der Waals surface area contributed by atoms with E-state index in [9.17, 15) is 9.59 Å². The SMILES string of the molecule is CCOC(=O)Cc1c(CC(=O)OCC)c(OC)c2ccccc2c1OC. The maximum absolute atomic E-state index is 12.1. The summed E-state index contributed by atoms with van der Waals surface area (Å²) in [6, 6.07) is 7.53. The van der Waals surface area contributed by atoms with Gasteiger partial charge in [0, 0.05) is 21.9 Å². The lowest BCUT2D eigenvalue weighted by atomic mass is 9.93. The van der Waals surface area contributed by atoms with Crippen LogP contribution in [0.2, 0.25) is 0 Å². The summed E-state index contributed by atoms with van der Waals surface area (Å²) in [6.45, 7) is 4.05. The third-order valence-corrected chi connectivity index (χ3v) is 3.99. The molecule has 0 saturated carbocycles. The fourth-order valence-corrected chi connectivity index (χ4v) is 3.03. The molecule has 0 aliphatic carbocycles. The Morgan fingerprint density at radius 3 is 1.46 bits per heavy atom. The highest BCUT2D eigenvalue weighted by molar-refractivity contribution is 5.98. The van der Waals surface area contributed by atoms with Crippen molar-refractivity contribution in [2.45, 2.75) is 26.7 Å². The molecule has 0 heterocycles. The fraction of sp³-hybridized carbons (Fsp3) is 0.400. The number of hydrogen-bond donors (Lipinski definition) is 0. The molecule has 0 aromatic heterocycles. The van der Waals surface area contributed by atoms with Crippen LogP contribution in [0.5, 0.6) is 11.5 Å². The number of fused-ring (bicyclic) bond motifs is 1. The zero-order valence-corrected chi connectivity index (χ0v) is 15.6. The molecule has 0 bridgehead atoms. The van der Waals surface area contributed by atoms with E-state index in [1.54, 1.807) is 13.8 Å². The Morgan fingerprint density at radius 1 is 0.769 bits per heavy atom.